The molecule has 1 aromatic carbocycles. The average molecular weight is 428 g/mol. The molecule has 4 rings (SSSR count). The smallest absolute Gasteiger partial charge is 0.338 e. The van der Waals surface area contributed by atoms with Gasteiger partial charge in [-0.25, -0.2) is 9.78 Å². The van der Waals surface area contributed by atoms with Crippen LogP contribution in [0.25, 0.3) is 10.9 Å². The summed E-state index contributed by atoms with van der Waals surface area (Å²) in [5, 5.41) is 0.494. The number of aromatic nitrogens is 2. The van der Waals surface area contributed by atoms with Gasteiger partial charge in [-0.15, -0.1) is 0 Å². The van der Waals surface area contributed by atoms with Gasteiger partial charge in [0.25, 0.3) is 11.5 Å². The fraction of sp³-hybridized carbons (Fsp3) is 0.565. The lowest BCUT2D eigenvalue weighted by atomic mass is 10.1. The first-order chi connectivity index (χ1) is 14.9. The monoisotopic (exact) mass is 427 g/mol. The molecular weight excluding hydrogens is 398 g/mol. The number of benzene rings is 1. The van der Waals surface area contributed by atoms with E-state index >= 15 is 0 Å². The van der Waals surface area contributed by atoms with Crippen LogP contribution in [0.15, 0.2) is 23.0 Å². The van der Waals surface area contributed by atoms with Gasteiger partial charge in [0.2, 0.25) is 0 Å². The van der Waals surface area contributed by atoms with Crippen LogP contribution < -0.4 is 5.56 Å². The van der Waals surface area contributed by atoms with Crippen LogP contribution in [-0.2, 0) is 27.2 Å². The van der Waals surface area contributed by atoms with Gasteiger partial charge in [-0.3, -0.25) is 14.2 Å². The molecule has 8 nitrogen and oxygen atoms in total. The fourth-order valence-corrected chi connectivity index (χ4v) is 4.41. The molecule has 0 radical (unpaired) electrons. The molecule has 1 aromatic heterocycles. The van der Waals surface area contributed by atoms with Crippen LogP contribution in [-0.4, -0.2) is 58.2 Å². The van der Waals surface area contributed by atoms with Crippen molar-refractivity contribution in [3.8, 4) is 0 Å². The van der Waals surface area contributed by atoms with Crippen molar-refractivity contribution < 1.29 is 19.1 Å². The Bertz CT molecular complexity index is 1040. The lowest BCUT2D eigenvalue weighted by molar-refractivity contribution is -0.146. The summed E-state index contributed by atoms with van der Waals surface area (Å²) in [5.74, 6) is -0.0689. The summed E-state index contributed by atoms with van der Waals surface area (Å²) < 4.78 is 12.7. The van der Waals surface area contributed by atoms with Crippen LogP contribution in [0.2, 0.25) is 0 Å². The first kappa shape index (κ1) is 21.5. The van der Waals surface area contributed by atoms with Crippen molar-refractivity contribution in [1.82, 2.24) is 14.5 Å². The minimum atomic E-state index is -0.599. The zero-order chi connectivity index (χ0) is 22.0. The Labute approximate surface area is 181 Å². The topological polar surface area (TPSA) is 90.7 Å². The van der Waals surface area contributed by atoms with Crippen molar-refractivity contribution in [3.63, 3.8) is 0 Å². The van der Waals surface area contributed by atoms with Crippen LogP contribution in [0.3, 0.4) is 0 Å². The Hall–Kier alpha value is -2.74. The summed E-state index contributed by atoms with van der Waals surface area (Å²) >= 11 is 0. The van der Waals surface area contributed by atoms with Crippen molar-refractivity contribution in [2.45, 2.75) is 64.7 Å². The molecule has 2 atom stereocenters. The molecule has 2 aliphatic heterocycles. The third-order valence-electron chi connectivity index (χ3n) is 5.90. The number of hydrogen-bond donors (Lipinski definition) is 0. The van der Waals surface area contributed by atoms with E-state index in [1.807, 2.05) is 13.8 Å². The Morgan fingerprint density at radius 3 is 2.65 bits per heavy atom. The van der Waals surface area contributed by atoms with E-state index in [1.165, 1.54) is 0 Å². The van der Waals surface area contributed by atoms with E-state index < -0.39 is 5.97 Å². The van der Waals surface area contributed by atoms with Gasteiger partial charge in [-0.05, 0) is 44.9 Å². The molecule has 1 saturated heterocycles. The van der Waals surface area contributed by atoms with Crippen molar-refractivity contribution >= 4 is 22.8 Å². The van der Waals surface area contributed by atoms with Gasteiger partial charge in [0.05, 0.1) is 28.7 Å². The zero-order valence-electron chi connectivity index (χ0n) is 18.1. The molecule has 0 N–H and O–H groups in total. The summed E-state index contributed by atoms with van der Waals surface area (Å²) in [4.78, 5) is 44.2. The number of carbonyl (C=O) groups is 2. The number of hydrogen-bond acceptors (Lipinski definition) is 6. The second-order valence-corrected chi connectivity index (χ2v) is 8.51. The molecule has 0 unspecified atom stereocenters. The van der Waals surface area contributed by atoms with Crippen molar-refractivity contribution in [1.29, 1.82) is 0 Å². The van der Waals surface area contributed by atoms with Gasteiger partial charge < -0.3 is 14.4 Å². The highest BCUT2D eigenvalue weighted by atomic mass is 16.5. The van der Waals surface area contributed by atoms with Gasteiger partial charge in [0.1, 0.15) is 5.82 Å². The molecule has 0 spiro atoms. The van der Waals surface area contributed by atoms with E-state index in [0.717, 1.165) is 37.9 Å². The number of fused-ring (bicyclic) bond motifs is 2. The van der Waals surface area contributed by atoms with Gasteiger partial charge in [0, 0.05) is 26.1 Å². The maximum absolute atomic E-state index is 12.9. The van der Waals surface area contributed by atoms with Crippen LogP contribution in [0.4, 0.5) is 0 Å². The van der Waals surface area contributed by atoms with Gasteiger partial charge in [0.15, 0.2) is 6.61 Å². The third-order valence-corrected chi connectivity index (χ3v) is 5.90. The van der Waals surface area contributed by atoms with Crippen LogP contribution in [0.5, 0.6) is 0 Å². The Balaban J connectivity index is 1.49. The lowest BCUT2D eigenvalue weighted by Crippen LogP contribution is -2.49. The van der Waals surface area contributed by atoms with E-state index in [-0.39, 0.29) is 35.8 Å². The van der Waals surface area contributed by atoms with Crippen LogP contribution in [0.1, 0.15) is 55.7 Å². The number of morpholine rings is 1. The minimum absolute atomic E-state index is 0.0476. The van der Waals surface area contributed by atoms with Gasteiger partial charge in [-0.1, -0.05) is 12.8 Å². The standard InChI is InChI=1S/C23H29N3O5/c1-15-12-25(13-16(2)31-15)21(27)14-30-23(29)17-8-9-18-19(11-17)24-20-7-5-3-4-6-10-26(20)22(18)28/h8-9,11,15-16H,3-7,10,12-14H2,1-2H3/t15-,16-/m0/s1. The number of aryl methyl sites for hydroxylation is 1. The molecule has 0 bridgehead atoms. The number of ether oxygens (including phenoxy) is 2. The summed E-state index contributed by atoms with van der Waals surface area (Å²) in [6.07, 6.45) is 4.89. The largest absolute Gasteiger partial charge is 0.452 e. The van der Waals surface area contributed by atoms with E-state index in [4.69, 9.17) is 9.47 Å². The molecule has 1 fully saturated rings. The van der Waals surface area contributed by atoms with Gasteiger partial charge >= 0.3 is 5.97 Å². The predicted octanol–water partition coefficient (Wildman–Crippen LogP) is 2.31. The zero-order valence-corrected chi connectivity index (χ0v) is 18.1. The Kier molecular flexibility index (Phi) is 6.36. The Morgan fingerprint density at radius 1 is 1.13 bits per heavy atom. The second kappa shape index (κ2) is 9.18. The van der Waals surface area contributed by atoms with Crippen molar-refractivity contribution in [3.05, 3.63) is 39.9 Å². The molecule has 166 valence electrons. The summed E-state index contributed by atoms with van der Waals surface area (Å²) in [5.41, 5.74) is 0.715. The van der Waals surface area contributed by atoms with Crippen molar-refractivity contribution in [2.75, 3.05) is 19.7 Å². The van der Waals surface area contributed by atoms with Crippen molar-refractivity contribution in [2.24, 2.45) is 0 Å². The molecule has 31 heavy (non-hydrogen) atoms. The van der Waals surface area contributed by atoms with E-state index in [1.54, 1.807) is 27.7 Å². The molecule has 2 aliphatic rings. The fourth-order valence-electron chi connectivity index (χ4n) is 4.41. The highest BCUT2D eigenvalue weighted by Crippen LogP contribution is 2.17. The summed E-state index contributed by atoms with van der Waals surface area (Å²) in [6.45, 7) is 5.15. The highest BCUT2D eigenvalue weighted by molar-refractivity contribution is 5.95. The molecule has 8 heteroatoms. The first-order valence-electron chi connectivity index (χ1n) is 11.1. The minimum Gasteiger partial charge on any atom is -0.452 e. The maximum Gasteiger partial charge on any atom is 0.338 e. The summed E-state index contributed by atoms with van der Waals surface area (Å²) in [7, 11) is 0. The van der Waals surface area contributed by atoms with E-state index in [0.29, 0.717) is 30.5 Å². The van der Waals surface area contributed by atoms with Gasteiger partial charge in [-0.2, -0.15) is 0 Å². The molecular formula is C23H29N3O5. The van der Waals surface area contributed by atoms with E-state index in [9.17, 15) is 14.4 Å². The normalized spacial score (nSPS) is 21.8. The maximum atomic E-state index is 12.9. The number of nitrogens with zero attached hydrogens (tertiary/aromatic N) is 3. The van der Waals surface area contributed by atoms with E-state index in [2.05, 4.69) is 4.98 Å². The Morgan fingerprint density at radius 2 is 1.87 bits per heavy atom. The molecule has 1 amide bonds. The first-order valence-corrected chi connectivity index (χ1v) is 11.1. The summed E-state index contributed by atoms with van der Waals surface area (Å²) in [6, 6.07) is 4.77. The highest BCUT2D eigenvalue weighted by Gasteiger charge is 2.26. The predicted molar refractivity (Wildman–Crippen MR) is 115 cm³/mol. The number of esters is 1. The van der Waals surface area contributed by atoms with Crippen LogP contribution >= 0.6 is 0 Å². The molecule has 0 saturated carbocycles. The molecule has 2 aromatic rings. The number of rotatable bonds is 3. The SMILES string of the molecule is C[C@H]1CN(C(=O)COC(=O)c2ccc3c(=O)n4c(nc3c2)CCCCCC4)C[C@H](C)O1. The second-order valence-electron chi connectivity index (χ2n) is 8.51. The average Bonchev–Trinajstić information content (AvgIpc) is 2.72. The molecule has 3 heterocycles. The quantitative estimate of drug-likeness (QED) is 0.698. The third kappa shape index (κ3) is 4.79. The lowest BCUT2D eigenvalue weighted by Gasteiger charge is -2.35. The number of amides is 1. The van der Waals surface area contributed by atoms with Crippen LogP contribution in [0, 0.1) is 0 Å². The number of carbonyl (C=O) groups excluding carboxylic acids is 2. The molecule has 0 aliphatic carbocycles.